The van der Waals surface area contributed by atoms with Crippen LogP contribution in [0, 0.1) is 19.8 Å². The number of nitrogens with zero attached hydrogens (tertiary/aromatic N) is 1. The molecule has 0 aromatic heterocycles. The molecule has 0 saturated carbocycles. The topological polar surface area (TPSA) is 44.4 Å². The number of hydrogen-bond acceptors (Lipinski definition) is 2. The minimum atomic E-state index is -0.371. The Hall–Kier alpha value is -1.55. The first-order valence-corrected chi connectivity index (χ1v) is 6.78. The Morgan fingerprint density at radius 3 is 2.53 bits per heavy atom. The first kappa shape index (κ1) is 13.9. The number of nitrogens with one attached hydrogen (secondary N) is 2. The molecule has 4 nitrogen and oxygen atoms in total. The number of hydrazine groups is 1. The number of urea groups is 1. The third-order valence-corrected chi connectivity index (χ3v) is 3.51. The molecule has 1 saturated heterocycles. The maximum atomic E-state index is 12.1. The zero-order valence-electron chi connectivity index (χ0n) is 12.4. The normalized spacial score (nSPS) is 23.1. The molecule has 0 aliphatic carbocycles. The largest absolute Gasteiger partial charge is 0.338 e. The highest BCUT2D eigenvalue weighted by molar-refractivity contribution is 5.93. The Kier molecular flexibility index (Phi) is 3.54. The molecule has 1 fully saturated rings. The van der Waals surface area contributed by atoms with E-state index in [0.29, 0.717) is 5.92 Å². The molecule has 1 atom stereocenters. The van der Waals surface area contributed by atoms with E-state index in [2.05, 4.69) is 38.4 Å². The lowest BCUT2D eigenvalue weighted by Gasteiger charge is -2.26. The number of rotatable bonds is 3. The molecule has 4 heteroatoms. The Bertz CT molecular complexity index is 498. The Morgan fingerprint density at radius 2 is 1.95 bits per heavy atom. The smallest absolute Gasteiger partial charge is 0.317 e. The van der Waals surface area contributed by atoms with Crippen LogP contribution in [0.5, 0.6) is 0 Å². The lowest BCUT2D eigenvalue weighted by Crippen LogP contribution is -2.49. The summed E-state index contributed by atoms with van der Waals surface area (Å²) in [6.45, 7) is 10.4. The molecule has 0 bridgehead atoms. The van der Waals surface area contributed by atoms with Gasteiger partial charge in [0.2, 0.25) is 0 Å². The summed E-state index contributed by atoms with van der Waals surface area (Å²) in [5, 5.41) is 4.63. The molecule has 1 aliphatic rings. The number of anilines is 1. The van der Waals surface area contributed by atoms with Crippen molar-refractivity contribution in [3.63, 3.8) is 0 Å². The molecule has 0 spiro atoms. The van der Waals surface area contributed by atoms with Crippen LogP contribution in [0.3, 0.4) is 0 Å². The summed E-state index contributed by atoms with van der Waals surface area (Å²) in [6.07, 6.45) is 0.889. The number of benzene rings is 1. The number of carbonyl (C=O) groups is 1. The van der Waals surface area contributed by atoms with Crippen molar-refractivity contribution >= 4 is 11.7 Å². The van der Waals surface area contributed by atoms with Crippen molar-refractivity contribution in [3.8, 4) is 0 Å². The first-order chi connectivity index (χ1) is 8.81. The molecule has 1 aromatic rings. The standard InChI is InChI=1S/C15H23N3O/c1-10(2)9-15(5)16-14(19)18(17-15)13-7-6-11(3)12(4)8-13/h6-8,10,17H,9H2,1-5H3,(H,16,19)/t15-/m0/s1. The van der Waals surface area contributed by atoms with Crippen LogP contribution in [0.2, 0.25) is 0 Å². The summed E-state index contributed by atoms with van der Waals surface area (Å²) in [6, 6.07) is 5.95. The van der Waals surface area contributed by atoms with E-state index in [1.165, 1.54) is 11.1 Å². The van der Waals surface area contributed by atoms with Crippen molar-refractivity contribution in [3.05, 3.63) is 29.3 Å². The zero-order chi connectivity index (χ0) is 14.2. The minimum Gasteiger partial charge on any atom is -0.317 e. The fraction of sp³-hybridized carbons (Fsp3) is 0.533. The van der Waals surface area contributed by atoms with Crippen molar-refractivity contribution in [1.82, 2.24) is 10.7 Å². The molecule has 2 amide bonds. The van der Waals surface area contributed by atoms with Gasteiger partial charge in [0, 0.05) is 0 Å². The highest BCUT2D eigenvalue weighted by atomic mass is 16.2. The van der Waals surface area contributed by atoms with Crippen LogP contribution in [-0.2, 0) is 0 Å². The predicted octanol–water partition coefficient (Wildman–Crippen LogP) is 3.10. The fourth-order valence-corrected chi connectivity index (χ4v) is 2.58. The van der Waals surface area contributed by atoms with Gasteiger partial charge in [-0.3, -0.25) is 0 Å². The van der Waals surface area contributed by atoms with Gasteiger partial charge in [0.1, 0.15) is 5.66 Å². The monoisotopic (exact) mass is 261 g/mol. The van der Waals surface area contributed by atoms with Crippen LogP contribution in [0.15, 0.2) is 18.2 Å². The second kappa shape index (κ2) is 4.85. The van der Waals surface area contributed by atoms with E-state index in [4.69, 9.17) is 0 Å². The molecular weight excluding hydrogens is 238 g/mol. The van der Waals surface area contributed by atoms with E-state index >= 15 is 0 Å². The Labute approximate surface area is 115 Å². The number of carbonyl (C=O) groups excluding carboxylic acids is 1. The molecule has 1 aliphatic heterocycles. The first-order valence-electron chi connectivity index (χ1n) is 6.78. The van der Waals surface area contributed by atoms with Crippen LogP contribution >= 0.6 is 0 Å². The third kappa shape index (κ3) is 2.89. The van der Waals surface area contributed by atoms with E-state index in [9.17, 15) is 4.79 Å². The maximum absolute atomic E-state index is 12.1. The van der Waals surface area contributed by atoms with Gasteiger partial charge in [0.05, 0.1) is 5.69 Å². The van der Waals surface area contributed by atoms with Gasteiger partial charge in [-0.25, -0.2) is 15.2 Å². The molecule has 2 N–H and O–H groups in total. The lowest BCUT2D eigenvalue weighted by molar-refractivity contribution is 0.243. The number of hydrogen-bond donors (Lipinski definition) is 2. The Morgan fingerprint density at radius 1 is 1.26 bits per heavy atom. The van der Waals surface area contributed by atoms with Crippen LogP contribution in [-0.4, -0.2) is 11.7 Å². The van der Waals surface area contributed by atoms with Gasteiger partial charge >= 0.3 is 6.03 Å². The minimum absolute atomic E-state index is 0.0913. The summed E-state index contributed by atoms with van der Waals surface area (Å²) in [5.74, 6) is 0.512. The zero-order valence-corrected chi connectivity index (χ0v) is 12.4. The maximum Gasteiger partial charge on any atom is 0.338 e. The molecule has 0 unspecified atom stereocenters. The van der Waals surface area contributed by atoms with Crippen LogP contribution in [0.1, 0.15) is 38.3 Å². The van der Waals surface area contributed by atoms with E-state index < -0.39 is 0 Å². The second-order valence-corrected chi connectivity index (χ2v) is 6.08. The van der Waals surface area contributed by atoms with Gasteiger partial charge in [-0.15, -0.1) is 0 Å². The van der Waals surface area contributed by atoms with Gasteiger partial charge < -0.3 is 5.32 Å². The number of amides is 2. The average molecular weight is 261 g/mol. The van der Waals surface area contributed by atoms with Gasteiger partial charge in [0.25, 0.3) is 0 Å². The summed E-state index contributed by atoms with van der Waals surface area (Å²) in [4.78, 5) is 12.1. The van der Waals surface area contributed by atoms with Crippen molar-refractivity contribution in [2.24, 2.45) is 5.92 Å². The SMILES string of the molecule is Cc1ccc(N2N[C@@](C)(CC(C)C)NC2=O)cc1C. The molecule has 2 rings (SSSR count). The van der Waals surface area contributed by atoms with Crippen LogP contribution in [0.4, 0.5) is 10.5 Å². The highest BCUT2D eigenvalue weighted by Gasteiger charge is 2.39. The predicted molar refractivity (Wildman–Crippen MR) is 77.9 cm³/mol. The second-order valence-electron chi connectivity index (χ2n) is 6.08. The van der Waals surface area contributed by atoms with Crippen LogP contribution in [0.25, 0.3) is 0 Å². The lowest BCUT2D eigenvalue weighted by atomic mass is 10.0. The van der Waals surface area contributed by atoms with Gasteiger partial charge in [-0.05, 0) is 56.4 Å². The molecule has 1 heterocycles. The van der Waals surface area contributed by atoms with Gasteiger partial charge in [-0.1, -0.05) is 19.9 Å². The van der Waals surface area contributed by atoms with E-state index in [0.717, 1.165) is 12.1 Å². The van der Waals surface area contributed by atoms with Crippen molar-refractivity contribution < 1.29 is 4.79 Å². The van der Waals surface area contributed by atoms with E-state index in [1.54, 1.807) is 5.01 Å². The fourth-order valence-electron chi connectivity index (χ4n) is 2.58. The summed E-state index contributed by atoms with van der Waals surface area (Å²) in [7, 11) is 0. The van der Waals surface area contributed by atoms with E-state index in [-0.39, 0.29) is 11.7 Å². The summed E-state index contributed by atoms with van der Waals surface area (Å²) >= 11 is 0. The van der Waals surface area contributed by atoms with Crippen molar-refractivity contribution in [1.29, 1.82) is 0 Å². The Balaban J connectivity index is 2.22. The van der Waals surface area contributed by atoms with Gasteiger partial charge in [0.15, 0.2) is 0 Å². The highest BCUT2D eigenvalue weighted by Crippen LogP contribution is 2.25. The average Bonchev–Trinajstić information content (AvgIpc) is 2.57. The van der Waals surface area contributed by atoms with E-state index in [1.807, 2.05) is 25.1 Å². The third-order valence-electron chi connectivity index (χ3n) is 3.51. The molecule has 1 aromatic carbocycles. The van der Waals surface area contributed by atoms with Crippen molar-refractivity contribution in [2.75, 3.05) is 5.01 Å². The van der Waals surface area contributed by atoms with Gasteiger partial charge in [-0.2, -0.15) is 0 Å². The quantitative estimate of drug-likeness (QED) is 0.878. The molecule has 0 radical (unpaired) electrons. The number of aryl methyl sites for hydroxylation is 2. The molecular formula is C15H23N3O. The van der Waals surface area contributed by atoms with Crippen molar-refractivity contribution in [2.45, 2.75) is 46.7 Å². The summed E-state index contributed by atoms with van der Waals surface area (Å²) < 4.78 is 0. The molecule has 19 heavy (non-hydrogen) atoms. The van der Waals surface area contributed by atoms with Crippen LogP contribution < -0.4 is 15.8 Å². The summed E-state index contributed by atoms with van der Waals surface area (Å²) in [5.41, 5.74) is 6.21. The molecule has 104 valence electrons.